The van der Waals surface area contributed by atoms with Gasteiger partial charge < -0.3 is 4.90 Å². The lowest BCUT2D eigenvalue weighted by molar-refractivity contribution is -0.0191. The van der Waals surface area contributed by atoms with Gasteiger partial charge in [0.05, 0.1) is 5.51 Å². The van der Waals surface area contributed by atoms with Crippen LogP contribution in [0, 0.1) is 5.41 Å². The maximum atomic E-state index is 12.3. The van der Waals surface area contributed by atoms with E-state index in [-0.39, 0.29) is 5.91 Å². The summed E-state index contributed by atoms with van der Waals surface area (Å²) in [7, 11) is 0. The number of hydrogen-bond acceptors (Lipinski definition) is 4. The van der Waals surface area contributed by atoms with Crippen LogP contribution in [0.25, 0.3) is 0 Å². The third-order valence-electron chi connectivity index (χ3n) is 4.67. The van der Waals surface area contributed by atoms with Gasteiger partial charge in [-0.1, -0.05) is 6.92 Å². The van der Waals surface area contributed by atoms with Gasteiger partial charge in [-0.3, -0.25) is 9.69 Å². The molecule has 5 heteroatoms. The summed E-state index contributed by atoms with van der Waals surface area (Å²) in [5.74, 6) is 0.111. The Bertz CT molecular complexity index is 453. The molecular formula is C14H21N3OS. The van der Waals surface area contributed by atoms with Crippen LogP contribution < -0.4 is 0 Å². The van der Waals surface area contributed by atoms with E-state index in [0.29, 0.717) is 17.2 Å². The van der Waals surface area contributed by atoms with Crippen LogP contribution in [0.2, 0.25) is 0 Å². The van der Waals surface area contributed by atoms with Crippen molar-refractivity contribution in [3.63, 3.8) is 0 Å². The van der Waals surface area contributed by atoms with E-state index in [1.165, 1.54) is 17.8 Å². The van der Waals surface area contributed by atoms with Crippen molar-refractivity contribution in [3.05, 3.63) is 16.6 Å². The number of likely N-dealkylation sites (tertiary alicyclic amines) is 2. The Labute approximate surface area is 118 Å². The molecule has 0 aliphatic carbocycles. The number of hydrogen-bond donors (Lipinski definition) is 0. The Kier molecular flexibility index (Phi) is 3.35. The third-order valence-corrected chi connectivity index (χ3v) is 5.25. The Balaban J connectivity index is 1.59. The Morgan fingerprint density at radius 1 is 1.53 bits per heavy atom. The second kappa shape index (κ2) is 4.87. The van der Waals surface area contributed by atoms with Crippen LogP contribution in [-0.2, 0) is 0 Å². The molecule has 4 nitrogen and oxygen atoms in total. The Hall–Kier alpha value is -0.940. The minimum absolute atomic E-state index is 0.111. The van der Waals surface area contributed by atoms with Crippen molar-refractivity contribution in [1.29, 1.82) is 0 Å². The van der Waals surface area contributed by atoms with E-state index in [1.54, 1.807) is 5.51 Å². The molecule has 2 aliphatic heterocycles. The maximum absolute atomic E-state index is 12.3. The van der Waals surface area contributed by atoms with Gasteiger partial charge in [0.1, 0.15) is 5.69 Å². The fraction of sp³-hybridized carbons (Fsp3) is 0.714. The average Bonchev–Trinajstić information content (AvgIpc) is 3.04. The van der Waals surface area contributed by atoms with Crippen molar-refractivity contribution in [2.24, 2.45) is 5.41 Å². The molecule has 0 bridgehead atoms. The first-order valence-electron chi connectivity index (χ1n) is 7.05. The summed E-state index contributed by atoms with van der Waals surface area (Å²) < 4.78 is 0. The second-order valence-corrected chi connectivity index (χ2v) is 6.73. The molecule has 3 heterocycles. The van der Waals surface area contributed by atoms with Crippen molar-refractivity contribution < 1.29 is 4.79 Å². The summed E-state index contributed by atoms with van der Waals surface area (Å²) in [4.78, 5) is 20.9. The molecule has 0 radical (unpaired) electrons. The first-order chi connectivity index (χ1) is 9.13. The normalized spacial score (nSPS) is 23.6. The summed E-state index contributed by atoms with van der Waals surface area (Å²) in [6.07, 6.45) is 2.35. The average molecular weight is 279 g/mol. The number of nitrogens with zero attached hydrogens (tertiary/aromatic N) is 3. The molecule has 19 heavy (non-hydrogen) atoms. The van der Waals surface area contributed by atoms with Gasteiger partial charge in [-0.25, -0.2) is 4.98 Å². The van der Waals surface area contributed by atoms with Crippen molar-refractivity contribution in [2.75, 3.05) is 26.2 Å². The minimum Gasteiger partial charge on any atom is -0.337 e. The summed E-state index contributed by atoms with van der Waals surface area (Å²) >= 11 is 1.49. The summed E-state index contributed by atoms with van der Waals surface area (Å²) in [6, 6.07) is 0.675. The van der Waals surface area contributed by atoms with Gasteiger partial charge in [0, 0.05) is 43.0 Å². The molecule has 2 fully saturated rings. The van der Waals surface area contributed by atoms with Crippen molar-refractivity contribution in [2.45, 2.75) is 32.7 Å². The Morgan fingerprint density at radius 2 is 2.32 bits per heavy atom. The smallest absolute Gasteiger partial charge is 0.273 e. The quantitative estimate of drug-likeness (QED) is 0.850. The van der Waals surface area contributed by atoms with Gasteiger partial charge in [0.25, 0.3) is 5.91 Å². The number of amides is 1. The standard InChI is InChI=1S/C14H21N3OS/c1-3-11(2)17-8-14(9-17)4-5-16(7-14)13(18)12-6-19-10-15-12/h6,10-11H,3-5,7-9H2,1-2H3. The van der Waals surface area contributed by atoms with Gasteiger partial charge in [0.15, 0.2) is 0 Å². The van der Waals surface area contributed by atoms with E-state index in [1.807, 2.05) is 10.3 Å². The minimum atomic E-state index is 0.111. The second-order valence-electron chi connectivity index (χ2n) is 6.01. The molecule has 1 aromatic heterocycles. The molecule has 3 rings (SSSR count). The molecular weight excluding hydrogens is 258 g/mol. The van der Waals surface area contributed by atoms with Crippen LogP contribution in [0.3, 0.4) is 0 Å². The lowest BCUT2D eigenvalue weighted by atomic mass is 9.78. The van der Waals surface area contributed by atoms with Crippen molar-refractivity contribution >= 4 is 17.2 Å². The molecule has 1 aromatic rings. The van der Waals surface area contributed by atoms with Crippen LogP contribution in [0.5, 0.6) is 0 Å². The first kappa shape index (κ1) is 13.1. The van der Waals surface area contributed by atoms with Crippen LogP contribution in [-0.4, -0.2) is 52.9 Å². The van der Waals surface area contributed by atoms with Crippen LogP contribution in [0.1, 0.15) is 37.2 Å². The molecule has 2 aliphatic rings. The molecule has 2 saturated heterocycles. The highest BCUT2D eigenvalue weighted by Crippen LogP contribution is 2.41. The number of carbonyl (C=O) groups excluding carboxylic acids is 1. The van der Waals surface area contributed by atoms with E-state index in [2.05, 4.69) is 23.7 Å². The highest BCUT2D eigenvalue weighted by Gasteiger charge is 2.49. The van der Waals surface area contributed by atoms with Gasteiger partial charge in [-0.15, -0.1) is 11.3 Å². The number of rotatable bonds is 3. The zero-order valence-corrected chi connectivity index (χ0v) is 12.4. The lowest BCUT2D eigenvalue weighted by Gasteiger charge is -2.50. The fourth-order valence-corrected chi connectivity index (χ4v) is 3.76. The summed E-state index contributed by atoms with van der Waals surface area (Å²) in [6.45, 7) is 8.65. The monoisotopic (exact) mass is 279 g/mol. The Morgan fingerprint density at radius 3 is 2.95 bits per heavy atom. The van der Waals surface area contributed by atoms with Gasteiger partial charge >= 0.3 is 0 Å². The number of thiazole rings is 1. The van der Waals surface area contributed by atoms with Crippen molar-refractivity contribution in [1.82, 2.24) is 14.8 Å². The first-order valence-corrected chi connectivity index (χ1v) is 7.99. The highest BCUT2D eigenvalue weighted by atomic mass is 32.1. The zero-order valence-electron chi connectivity index (χ0n) is 11.6. The van der Waals surface area contributed by atoms with E-state index in [9.17, 15) is 4.79 Å². The largest absolute Gasteiger partial charge is 0.337 e. The molecule has 1 amide bonds. The topological polar surface area (TPSA) is 36.4 Å². The molecule has 1 unspecified atom stereocenters. The summed E-state index contributed by atoms with van der Waals surface area (Å²) in [5, 5.41) is 1.85. The fourth-order valence-electron chi connectivity index (χ4n) is 3.23. The maximum Gasteiger partial charge on any atom is 0.273 e. The molecule has 104 valence electrons. The predicted octanol–water partition coefficient (Wildman–Crippen LogP) is 2.09. The van der Waals surface area contributed by atoms with Crippen LogP contribution in [0.4, 0.5) is 0 Å². The zero-order chi connectivity index (χ0) is 13.5. The van der Waals surface area contributed by atoms with Crippen LogP contribution in [0.15, 0.2) is 10.9 Å². The number of carbonyl (C=O) groups is 1. The van der Waals surface area contributed by atoms with E-state index >= 15 is 0 Å². The van der Waals surface area contributed by atoms with Gasteiger partial charge in [-0.05, 0) is 19.8 Å². The molecule has 1 spiro atoms. The molecule has 1 atom stereocenters. The van der Waals surface area contributed by atoms with Crippen molar-refractivity contribution in [3.8, 4) is 0 Å². The van der Waals surface area contributed by atoms with Gasteiger partial charge in [0.2, 0.25) is 0 Å². The van der Waals surface area contributed by atoms with E-state index in [0.717, 1.165) is 32.6 Å². The molecule has 0 saturated carbocycles. The SMILES string of the molecule is CCC(C)N1CC2(CCN(C(=O)c3cscn3)C2)C1. The van der Waals surface area contributed by atoms with Crippen LogP contribution >= 0.6 is 11.3 Å². The highest BCUT2D eigenvalue weighted by molar-refractivity contribution is 7.07. The number of aromatic nitrogens is 1. The lowest BCUT2D eigenvalue weighted by Crippen LogP contribution is -2.60. The predicted molar refractivity (Wildman–Crippen MR) is 76.4 cm³/mol. The summed E-state index contributed by atoms with van der Waals surface area (Å²) in [5.41, 5.74) is 2.71. The van der Waals surface area contributed by atoms with E-state index < -0.39 is 0 Å². The van der Waals surface area contributed by atoms with E-state index in [4.69, 9.17) is 0 Å². The van der Waals surface area contributed by atoms with Gasteiger partial charge in [-0.2, -0.15) is 0 Å². The third kappa shape index (κ3) is 2.30. The molecule has 0 aromatic carbocycles. The molecule has 0 N–H and O–H groups in total.